The summed E-state index contributed by atoms with van der Waals surface area (Å²) in [5, 5.41) is 0. The molecule has 1 aliphatic rings. The van der Waals surface area contributed by atoms with E-state index < -0.39 is 5.97 Å². The molecule has 0 radical (unpaired) electrons. The maximum absolute atomic E-state index is 12.2. The van der Waals surface area contributed by atoms with Gasteiger partial charge in [-0.2, -0.15) is 0 Å². The lowest BCUT2D eigenvalue weighted by Gasteiger charge is -2.13. The number of carbonyl (C=O) groups is 1. The summed E-state index contributed by atoms with van der Waals surface area (Å²) in [6.07, 6.45) is 1.69. The lowest BCUT2D eigenvalue weighted by atomic mass is 10.1. The average molecular weight is 381 g/mol. The van der Waals surface area contributed by atoms with Crippen molar-refractivity contribution >= 4 is 17.9 Å². The summed E-state index contributed by atoms with van der Waals surface area (Å²) in [6, 6.07) is 12.7. The highest BCUT2D eigenvalue weighted by atomic mass is 16.6. The summed E-state index contributed by atoms with van der Waals surface area (Å²) in [7, 11) is 1.57. The van der Waals surface area contributed by atoms with Gasteiger partial charge in [-0.05, 0) is 68.8 Å². The molecule has 0 fully saturated rings. The van der Waals surface area contributed by atoms with Gasteiger partial charge in [0.1, 0.15) is 5.75 Å². The molecular formula is C22H23NO5. The van der Waals surface area contributed by atoms with Gasteiger partial charge in [0.05, 0.1) is 19.8 Å². The Morgan fingerprint density at radius 1 is 1.11 bits per heavy atom. The van der Waals surface area contributed by atoms with E-state index in [1.165, 1.54) is 0 Å². The predicted molar refractivity (Wildman–Crippen MR) is 107 cm³/mol. The Bertz CT molecular complexity index is 913. The van der Waals surface area contributed by atoms with Crippen LogP contribution >= 0.6 is 0 Å². The molecule has 0 aliphatic carbocycles. The lowest BCUT2D eigenvalue weighted by molar-refractivity contribution is -0.129. The van der Waals surface area contributed by atoms with E-state index in [2.05, 4.69) is 4.99 Å². The number of hydrogen-bond acceptors (Lipinski definition) is 6. The van der Waals surface area contributed by atoms with Crippen molar-refractivity contribution in [3.05, 3.63) is 59.3 Å². The van der Waals surface area contributed by atoms with Gasteiger partial charge in [0.2, 0.25) is 5.90 Å². The van der Waals surface area contributed by atoms with Crippen LogP contribution in [0.25, 0.3) is 6.08 Å². The number of esters is 1. The zero-order valence-electron chi connectivity index (χ0n) is 16.4. The maximum Gasteiger partial charge on any atom is 0.363 e. The Balaban J connectivity index is 1.84. The summed E-state index contributed by atoms with van der Waals surface area (Å²) in [6.45, 7) is 6.40. The van der Waals surface area contributed by atoms with Crippen LogP contribution in [0, 0.1) is 0 Å². The van der Waals surface area contributed by atoms with Gasteiger partial charge >= 0.3 is 5.97 Å². The summed E-state index contributed by atoms with van der Waals surface area (Å²) in [5.74, 6) is 1.76. The van der Waals surface area contributed by atoms with Crippen LogP contribution < -0.4 is 14.2 Å². The van der Waals surface area contributed by atoms with E-state index in [1.54, 1.807) is 31.4 Å². The normalized spacial score (nSPS) is 14.8. The molecule has 2 aromatic carbocycles. The van der Waals surface area contributed by atoms with E-state index in [9.17, 15) is 4.79 Å². The van der Waals surface area contributed by atoms with Gasteiger partial charge in [0, 0.05) is 5.56 Å². The van der Waals surface area contributed by atoms with Crippen molar-refractivity contribution in [3.63, 3.8) is 0 Å². The zero-order chi connectivity index (χ0) is 20.1. The molecule has 6 nitrogen and oxygen atoms in total. The second kappa shape index (κ2) is 8.61. The number of ether oxygens (including phenoxy) is 4. The lowest BCUT2D eigenvalue weighted by Crippen LogP contribution is -2.06. The summed E-state index contributed by atoms with van der Waals surface area (Å²) in [5.41, 5.74) is 1.69. The molecule has 0 saturated heterocycles. The number of nitrogens with zero attached hydrogens (tertiary/aromatic N) is 1. The van der Waals surface area contributed by atoms with Crippen LogP contribution in [0.2, 0.25) is 0 Å². The van der Waals surface area contributed by atoms with E-state index >= 15 is 0 Å². The average Bonchev–Trinajstić information content (AvgIpc) is 3.04. The van der Waals surface area contributed by atoms with E-state index in [1.807, 2.05) is 45.0 Å². The van der Waals surface area contributed by atoms with E-state index in [0.29, 0.717) is 23.7 Å². The minimum Gasteiger partial charge on any atom is -0.494 e. The Labute approximate surface area is 164 Å². The fourth-order valence-electron chi connectivity index (χ4n) is 2.68. The van der Waals surface area contributed by atoms with Crippen LogP contribution in [0.1, 0.15) is 31.9 Å². The van der Waals surface area contributed by atoms with Crippen LogP contribution in [0.15, 0.2) is 53.2 Å². The van der Waals surface area contributed by atoms with E-state index in [4.69, 9.17) is 18.9 Å². The van der Waals surface area contributed by atoms with Crippen LogP contribution in [-0.2, 0) is 9.53 Å². The van der Waals surface area contributed by atoms with Crippen molar-refractivity contribution in [2.24, 2.45) is 4.99 Å². The third-order valence-corrected chi connectivity index (χ3v) is 3.89. The van der Waals surface area contributed by atoms with Gasteiger partial charge in [-0.1, -0.05) is 6.07 Å². The second-order valence-electron chi connectivity index (χ2n) is 6.37. The van der Waals surface area contributed by atoms with Crippen LogP contribution in [-0.4, -0.2) is 31.7 Å². The third kappa shape index (κ3) is 4.52. The van der Waals surface area contributed by atoms with Gasteiger partial charge in [0.25, 0.3) is 0 Å². The van der Waals surface area contributed by atoms with Gasteiger partial charge in [-0.15, -0.1) is 0 Å². The number of cyclic esters (lactones) is 1. The quantitative estimate of drug-likeness (QED) is 0.530. The van der Waals surface area contributed by atoms with Gasteiger partial charge in [-0.25, -0.2) is 9.79 Å². The van der Waals surface area contributed by atoms with Crippen molar-refractivity contribution in [2.75, 3.05) is 13.7 Å². The number of rotatable bonds is 7. The fourth-order valence-corrected chi connectivity index (χ4v) is 2.68. The zero-order valence-corrected chi connectivity index (χ0v) is 16.4. The minimum absolute atomic E-state index is 0.0317. The molecule has 146 valence electrons. The first-order valence-electron chi connectivity index (χ1n) is 9.10. The summed E-state index contributed by atoms with van der Waals surface area (Å²) < 4.78 is 21.8. The number of aliphatic imine (C=N–C) groups is 1. The minimum atomic E-state index is -0.495. The van der Waals surface area contributed by atoms with E-state index in [0.717, 1.165) is 11.3 Å². The second-order valence-corrected chi connectivity index (χ2v) is 6.37. The highest BCUT2D eigenvalue weighted by Gasteiger charge is 2.24. The molecule has 6 heteroatoms. The Morgan fingerprint density at radius 2 is 1.86 bits per heavy atom. The SMILES string of the molecule is CCOc1ccc(C2=N/C(=C\c3ccc(OC(C)C)c(OC)c3)C(=O)O2)cc1. The fraction of sp³-hybridized carbons (Fsp3) is 0.273. The molecule has 0 N–H and O–H groups in total. The molecular weight excluding hydrogens is 358 g/mol. The molecule has 3 rings (SSSR count). The van der Waals surface area contributed by atoms with Gasteiger partial charge < -0.3 is 18.9 Å². The monoisotopic (exact) mass is 381 g/mol. The van der Waals surface area contributed by atoms with Crippen molar-refractivity contribution in [2.45, 2.75) is 26.9 Å². The molecule has 0 amide bonds. The molecule has 0 atom stereocenters. The molecule has 0 spiro atoms. The van der Waals surface area contributed by atoms with Crippen LogP contribution in [0.3, 0.4) is 0 Å². The molecule has 28 heavy (non-hydrogen) atoms. The van der Waals surface area contributed by atoms with E-state index in [-0.39, 0.29) is 17.7 Å². The summed E-state index contributed by atoms with van der Waals surface area (Å²) in [4.78, 5) is 16.5. The van der Waals surface area contributed by atoms with Crippen molar-refractivity contribution < 1.29 is 23.7 Å². The number of methoxy groups -OCH3 is 1. The standard InChI is InChI=1S/C22H23NO5/c1-5-26-17-9-7-16(8-10-17)21-23-18(22(24)28-21)12-15-6-11-19(27-14(2)3)20(13-15)25-4/h6-14H,5H2,1-4H3/b18-12-. The molecule has 0 aromatic heterocycles. The van der Waals surface area contributed by atoms with Crippen LogP contribution in [0.5, 0.6) is 17.2 Å². The summed E-state index contributed by atoms with van der Waals surface area (Å²) >= 11 is 0. The smallest absolute Gasteiger partial charge is 0.363 e. The first-order valence-corrected chi connectivity index (χ1v) is 9.10. The highest BCUT2D eigenvalue weighted by Crippen LogP contribution is 2.30. The molecule has 0 unspecified atom stereocenters. The largest absolute Gasteiger partial charge is 0.494 e. The van der Waals surface area contributed by atoms with Gasteiger partial charge in [0.15, 0.2) is 17.2 Å². The third-order valence-electron chi connectivity index (χ3n) is 3.89. The topological polar surface area (TPSA) is 66.3 Å². The Kier molecular flexibility index (Phi) is 5.99. The number of hydrogen-bond donors (Lipinski definition) is 0. The van der Waals surface area contributed by atoms with Crippen molar-refractivity contribution in [1.29, 1.82) is 0 Å². The predicted octanol–water partition coefficient (Wildman–Crippen LogP) is 4.23. The van der Waals surface area contributed by atoms with Gasteiger partial charge in [-0.3, -0.25) is 0 Å². The first-order chi connectivity index (χ1) is 13.5. The maximum atomic E-state index is 12.2. The van der Waals surface area contributed by atoms with Crippen molar-refractivity contribution in [1.82, 2.24) is 0 Å². The number of benzene rings is 2. The molecule has 0 bridgehead atoms. The molecule has 0 saturated carbocycles. The number of carbonyl (C=O) groups excluding carboxylic acids is 1. The van der Waals surface area contributed by atoms with Crippen LogP contribution in [0.4, 0.5) is 0 Å². The Hall–Kier alpha value is -3.28. The molecule has 1 aliphatic heterocycles. The first kappa shape index (κ1) is 19.5. The molecule has 2 aromatic rings. The molecule has 1 heterocycles. The highest BCUT2D eigenvalue weighted by molar-refractivity contribution is 6.12. The van der Waals surface area contributed by atoms with Crippen molar-refractivity contribution in [3.8, 4) is 17.2 Å². The Morgan fingerprint density at radius 3 is 2.50 bits per heavy atom.